The molecule has 0 bridgehead atoms. The van der Waals surface area contributed by atoms with Crippen LogP contribution in [0.3, 0.4) is 0 Å². The third kappa shape index (κ3) is 5.40. The highest BCUT2D eigenvalue weighted by Crippen LogP contribution is 2.50. The normalized spacial score (nSPS) is 25.1. The van der Waals surface area contributed by atoms with Crippen molar-refractivity contribution in [2.75, 3.05) is 52.0 Å². The molecule has 3 saturated heterocycles. The Hall–Kier alpha value is -4.10. The quantitative estimate of drug-likeness (QED) is 0.241. The van der Waals surface area contributed by atoms with Gasteiger partial charge in [-0.3, -0.25) is 9.88 Å². The van der Waals surface area contributed by atoms with Crippen LogP contribution in [-0.4, -0.2) is 90.7 Å². The van der Waals surface area contributed by atoms with E-state index in [1.165, 1.54) is 7.11 Å². The largest absolute Gasteiger partial charge is 0.494 e. The first kappa shape index (κ1) is 31.2. The Morgan fingerprint density at radius 2 is 1.98 bits per heavy atom. The van der Waals surface area contributed by atoms with E-state index in [1.54, 1.807) is 25.4 Å². The van der Waals surface area contributed by atoms with Gasteiger partial charge in [0.25, 0.3) is 5.79 Å². The first-order chi connectivity index (χ1) is 23.3. The fourth-order valence-electron chi connectivity index (χ4n) is 7.46. The number of fused-ring (bicyclic) bond motifs is 3. The molecule has 4 aliphatic heterocycles. The van der Waals surface area contributed by atoms with E-state index in [4.69, 9.17) is 45.0 Å². The number of ether oxygens (including phenoxy) is 6. The molecule has 0 aliphatic carbocycles. The van der Waals surface area contributed by atoms with Crippen molar-refractivity contribution in [3.63, 3.8) is 0 Å². The summed E-state index contributed by atoms with van der Waals surface area (Å²) in [7, 11) is 2.98. The van der Waals surface area contributed by atoms with Crippen LogP contribution in [-0.2, 0) is 33.1 Å². The van der Waals surface area contributed by atoms with Crippen molar-refractivity contribution in [1.29, 1.82) is 0 Å². The number of carbonyl (C=O) groups is 1. The molecule has 2 aromatic carbocycles. The van der Waals surface area contributed by atoms with Gasteiger partial charge in [0.2, 0.25) is 0 Å². The molecule has 8 rings (SSSR count). The van der Waals surface area contributed by atoms with Gasteiger partial charge < -0.3 is 37.9 Å². The van der Waals surface area contributed by atoms with Gasteiger partial charge in [-0.1, -0.05) is 17.7 Å². The molecule has 252 valence electrons. The lowest BCUT2D eigenvalue weighted by Gasteiger charge is -2.44. The van der Waals surface area contributed by atoms with Crippen LogP contribution >= 0.6 is 11.6 Å². The second-order valence-corrected chi connectivity index (χ2v) is 13.2. The van der Waals surface area contributed by atoms with E-state index in [0.29, 0.717) is 65.3 Å². The number of rotatable bonds is 8. The number of hydrogen-bond donors (Lipinski definition) is 0. The minimum atomic E-state index is -1.08. The van der Waals surface area contributed by atoms with Gasteiger partial charge in [-0.05, 0) is 49.2 Å². The number of anilines is 1. The number of para-hydroxylation sites is 1. The molecule has 4 aromatic rings. The highest BCUT2D eigenvalue weighted by atomic mass is 35.5. The maximum atomic E-state index is 12.6. The maximum Gasteiger partial charge on any atom is 0.338 e. The van der Waals surface area contributed by atoms with Gasteiger partial charge in [0, 0.05) is 32.8 Å². The number of imidazole rings is 1. The maximum absolute atomic E-state index is 12.6. The van der Waals surface area contributed by atoms with E-state index in [2.05, 4.69) is 25.4 Å². The summed E-state index contributed by atoms with van der Waals surface area (Å²) in [5.74, 6) is 1.30. The Morgan fingerprint density at radius 3 is 2.75 bits per heavy atom. The van der Waals surface area contributed by atoms with E-state index in [-0.39, 0.29) is 18.2 Å². The molecule has 2 aromatic heterocycles. The number of esters is 1. The lowest BCUT2D eigenvalue weighted by atomic mass is 10.0. The first-order valence-corrected chi connectivity index (χ1v) is 16.7. The van der Waals surface area contributed by atoms with Crippen molar-refractivity contribution in [2.45, 2.75) is 56.8 Å². The van der Waals surface area contributed by atoms with Crippen LogP contribution in [0.4, 0.5) is 5.69 Å². The predicted molar refractivity (Wildman–Crippen MR) is 177 cm³/mol. The molecular weight excluding hydrogens is 638 g/mol. The van der Waals surface area contributed by atoms with Crippen LogP contribution in [0.25, 0.3) is 11.0 Å². The summed E-state index contributed by atoms with van der Waals surface area (Å²) in [6, 6.07) is 13.4. The molecule has 0 saturated carbocycles. The van der Waals surface area contributed by atoms with Crippen LogP contribution < -0.4 is 19.1 Å². The lowest BCUT2D eigenvalue weighted by Crippen LogP contribution is -2.59. The Labute approximate surface area is 283 Å². The molecule has 3 fully saturated rings. The summed E-state index contributed by atoms with van der Waals surface area (Å²) < 4.78 is 38.1. The third-order valence-electron chi connectivity index (χ3n) is 9.87. The Bertz CT molecular complexity index is 1850. The molecule has 12 nitrogen and oxygen atoms in total. The SMILES string of the molecule is COC(=O)c1cc(OC)c2nc(CN3CCN(c4cccc5c4O[C@](C)(c4ccc(Cl)cn4)O5)[C@H]4COC[C@H]43)n(C[C@@H]3CCCO3)c2c1. The molecular formula is C35H38ClN5O7. The summed E-state index contributed by atoms with van der Waals surface area (Å²) in [4.78, 5) is 27.0. The second-order valence-electron chi connectivity index (χ2n) is 12.8. The average molecular weight is 676 g/mol. The Kier molecular flexibility index (Phi) is 8.06. The van der Waals surface area contributed by atoms with Crippen molar-refractivity contribution in [1.82, 2.24) is 19.4 Å². The summed E-state index contributed by atoms with van der Waals surface area (Å²) >= 11 is 6.10. The van der Waals surface area contributed by atoms with Crippen molar-refractivity contribution >= 4 is 34.3 Å². The lowest BCUT2D eigenvalue weighted by molar-refractivity contribution is -0.0716. The Morgan fingerprint density at radius 1 is 1.10 bits per heavy atom. The molecule has 4 atom stereocenters. The van der Waals surface area contributed by atoms with Crippen LogP contribution in [0.2, 0.25) is 5.02 Å². The van der Waals surface area contributed by atoms with Gasteiger partial charge >= 0.3 is 5.97 Å². The topological polar surface area (TPSA) is 110 Å². The Balaban J connectivity index is 1.09. The van der Waals surface area contributed by atoms with Gasteiger partial charge in [0.15, 0.2) is 11.5 Å². The number of carbonyl (C=O) groups excluding carboxylic acids is 1. The molecule has 0 amide bonds. The standard InChI is InChI=1S/C35H38ClN5O7/c1-35(30-10-9-22(36)16-37-30)47-28-8-4-7-24(33(28)48-35)40-12-11-39(26-19-45-20-27(26)40)18-31-38-32-25(41(31)17-23-6-5-13-46-23)14-21(34(42)44-3)15-29(32)43-2/h4,7-10,14-16,23,26-27H,5-6,11-13,17-20H2,1-3H3/t23-,26+,27-,35+/m0/s1. The summed E-state index contributed by atoms with van der Waals surface area (Å²) in [6.45, 7) is 6.58. The summed E-state index contributed by atoms with van der Waals surface area (Å²) in [5.41, 5.74) is 3.57. The van der Waals surface area contributed by atoms with Crippen LogP contribution in [0.15, 0.2) is 48.7 Å². The molecule has 0 unspecified atom stereocenters. The zero-order valence-corrected chi connectivity index (χ0v) is 27.9. The minimum absolute atomic E-state index is 0.0736. The van der Waals surface area contributed by atoms with E-state index in [0.717, 1.165) is 49.6 Å². The minimum Gasteiger partial charge on any atom is -0.494 e. The number of nitrogens with zero attached hydrogens (tertiary/aromatic N) is 5. The fraction of sp³-hybridized carbons (Fsp3) is 0.457. The molecule has 0 spiro atoms. The van der Waals surface area contributed by atoms with E-state index in [1.807, 2.05) is 31.2 Å². The zero-order valence-electron chi connectivity index (χ0n) is 27.2. The van der Waals surface area contributed by atoms with Gasteiger partial charge in [-0.2, -0.15) is 0 Å². The molecule has 6 heterocycles. The molecule has 0 N–H and O–H groups in total. The highest BCUT2D eigenvalue weighted by molar-refractivity contribution is 6.30. The predicted octanol–water partition coefficient (Wildman–Crippen LogP) is 4.79. The van der Waals surface area contributed by atoms with Crippen molar-refractivity contribution in [3.05, 3.63) is 70.8 Å². The molecule has 4 aliphatic rings. The number of aromatic nitrogens is 3. The van der Waals surface area contributed by atoms with Crippen molar-refractivity contribution < 1.29 is 33.2 Å². The van der Waals surface area contributed by atoms with Crippen molar-refractivity contribution in [2.24, 2.45) is 0 Å². The van der Waals surface area contributed by atoms with Crippen molar-refractivity contribution in [3.8, 4) is 17.2 Å². The summed E-state index contributed by atoms with van der Waals surface area (Å²) in [6.07, 6.45) is 3.68. The van der Waals surface area contributed by atoms with Gasteiger partial charge in [0.05, 0.1) is 80.5 Å². The number of benzene rings is 2. The second kappa shape index (κ2) is 12.4. The van der Waals surface area contributed by atoms with E-state index < -0.39 is 11.8 Å². The van der Waals surface area contributed by atoms with Crippen LogP contribution in [0.5, 0.6) is 17.2 Å². The molecule has 13 heteroatoms. The molecule has 48 heavy (non-hydrogen) atoms. The number of piperazine rings is 1. The summed E-state index contributed by atoms with van der Waals surface area (Å²) in [5, 5.41) is 0.552. The number of halogens is 1. The van der Waals surface area contributed by atoms with Crippen LogP contribution in [0.1, 0.15) is 41.6 Å². The first-order valence-electron chi connectivity index (χ1n) is 16.3. The monoisotopic (exact) mass is 675 g/mol. The smallest absolute Gasteiger partial charge is 0.338 e. The van der Waals surface area contributed by atoms with Gasteiger partial charge in [-0.25, -0.2) is 9.78 Å². The van der Waals surface area contributed by atoms with E-state index >= 15 is 0 Å². The highest BCUT2D eigenvalue weighted by Gasteiger charge is 2.46. The average Bonchev–Trinajstić information content (AvgIpc) is 3.91. The third-order valence-corrected chi connectivity index (χ3v) is 10.1. The number of hydrogen-bond acceptors (Lipinski definition) is 11. The van der Waals surface area contributed by atoms with Gasteiger partial charge in [-0.15, -0.1) is 0 Å². The zero-order chi connectivity index (χ0) is 33.0. The van der Waals surface area contributed by atoms with Crippen LogP contribution in [0, 0.1) is 0 Å². The fourth-order valence-corrected chi connectivity index (χ4v) is 7.57. The van der Waals surface area contributed by atoms with Gasteiger partial charge in [0.1, 0.15) is 22.8 Å². The molecule has 0 radical (unpaired) electrons. The number of pyridine rings is 1. The number of methoxy groups -OCH3 is 2. The van der Waals surface area contributed by atoms with E-state index in [9.17, 15) is 4.79 Å².